The van der Waals surface area contributed by atoms with Crippen LogP contribution in [0.5, 0.6) is 0 Å². The highest BCUT2D eigenvalue weighted by atomic mass is 35.5. The number of hydrogen-bond donors (Lipinski definition) is 3. The van der Waals surface area contributed by atoms with Gasteiger partial charge in [-0.2, -0.15) is 0 Å². The van der Waals surface area contributed by atoms with Crippen molar-refractivity contribution in [3.8, 4) is 0 Å². The SMILES string of the molecule is O=C(NC(C1CCNCC1)C1CC(O)C1)C1(c2ccc(Cl)cc2)CCC1. The molecule has 1 aromatic rings. The number of rotatable bonds is 5. The van der Waals surface area contributed by atoms with Gasteiger partial charge in [-0.05, 0) is 81.1 Å². The molecule has 1 unspecified atom stereocenters. The van der Waals surface area contributed by atoms with Gasteiger partial charge in [0, 0.05) is 11.1 Å². The Morgan fingerprint density at radius 2 is 1.81 bits per heavy atom. The van der Waals surface area contributed by atoms with Crippen molar-refractivity contribution in [2.45, 2.75) is 62.5 Å². The van der Waals surface area contributed by atoms with E-state index in [1.807, 2.05) is 24.3 Å². The number of aliphatic hydroxyl groups excluding tert-OH is 1. The van der Waals surface area contributed by atoms with Crippen molar-refractivity contribution in [1.82, 2.24) is 10.6 Å². The van der Waals surface area contributed by atoms with Crippen molar-refractivity contribution in [2.75, 3.05) is 13.1 Å². The molecule has 1 amide bonds. The fourth-order valence-electron chi connectivity index (χ4n) is 4.98. The number of hydrogen-bond acceptors (Lipinski definition) is 3. The summed E-state index contributed by atoms with van der Waals surface area (Å²) < 4.78 is 0. The molecule has 1 aromatic carbocycles. The second kappa shape index (κ2) is 7.49. The first-order valence-corrected chi connectivity index (χ1v) is 10.4. The van der Waals surface area contributed by atoms with Crippen LogP contribution in [0.2, 0.25) is 5.02 Å². The zero-order valence-electron chi connectivity index (χ0n) is 15.2. The molecule has 4 rings (SSSR count). The van der Waals surface area contributed by atoms with Crippen LogP contribution in [0.4, 0.5) is 0 Å². The quantitative estimate of drug-likeness (QED) is 0.740. The van der Waals surface area contributed by atoms with Crippen LogP contribution in [0.25, 0.3) is 0 Å². The highest BCUT2D eigenvalue weighted by molar-refractivity contribution is 6.30. The molecule has 0 spiro atoms. The minimum Gasteiger partial charge on any atom is -0.393 e. The van der Waals surface area contributed by atoms with E-state index in [0.717, 1.165) is 63.6 Å². The van der Waals surface area contributed by atoms with Crippen molar-refractivity contribution >= 4 is 17.5 Å². The number of halogens is 1. The molecule has 3 aliphatic rings. The molecule has 4 nitrogen and oxygen atoms in total. The van der Waals surface area contributed by atoms with Crippen LogP contribution in [0.15, 0.2) is 24.3 Å². The van der Waals surface area contributed by atoms with E-state index >= 15 is 0 Å². The molecule has 2 saturated carbocycles. The normalized spacial score (nSPS) is 29.3. The summed E-state index contributed by atoms with van der Waals surface area (Å²) in [5, 5.41) is 17.4. The second-order valence-corrected chi connectivity index (χ2v) is 8.85. The van der Waals surface area contributed by atoms with Gasteiger partial charge >= 0.3 is 0 Å². The lowest BCUT2D eigenvalue weighted by Crippen LogP contribution is -2.58. The second-order valence-electron chi connectivity index (χ2n) is 8.41. The molecule has 1 saturated heterocycles. The van der Waals surface area contributed by atoms with Gasteiger partial charge < -0.3 is 15.7 Å². The Kier molecular flexibility index (Phi) is 5.27. The van der Waals surface area contributed by atoms with Gasteiger partial charge in [-0.15, -0.1) is 0 Å². The topological polar surface area (TPSA) is 61.4 Å². The lowest BCUT2D eigenvalue weighted by Gasteiger charge is -2.47. The standard InChI is InChI=1S/C21H29ClN2O2/c22-17-4-2-16(3-5-17)21(8-1-9-21)20(26)24-19(15-12-18(25)13-15)14-6-10-23-11-7-14/h2-5,14-15,18-19,23,25H,1,6-13H2,(H,24,26). The van der Waals surface area contributed by atoms with Gasteiger partial charge in [-0.25, -0.2) is 0 Å². The lowest BCUT2D eigenvalue weighted by atomic mass is 9.63. The third-order valence-corrected chi connectivity index (χ3v) is 7.14. The highest BCUT2D eigenvalue weighted by Crippen LogP contribution is 2.45. The van der Waals surface area contributed by atoms with Gasteiger partial charge in [-0.3, -0.25) is 4.79 Å². The molecule has 1 aliphatic heterocycles. The van der Waals surface area contributed by atoms with E-state index in [9.17, 15) is 9.90 Å². The van der Waals surface area contributed by atoms with Crippen molar-refractivity contribution in [3.63, 3.8) is 0 Å². The zero-order chi connectivity index (χ0) is 18.1. The fourth-order valence-corrected chi connectivity index (χ4v) is 5.11. The van der Waals surface area contributed by atoms with Crippen molar-refractivity contribution in [1.29, 1.82) is 0 Å². The lowest BCUT2D eigenvalue weighted by molar-refractivity contribution is -0.132. The molecule has 3 fully saturated rings. The first-order valence-electron chi connectivity index (χ1n) is 10.0. The molecule has 5 heteroatoms. The first kappa shape index (κ1) is 18.3. The number of carbonyl (C=O) groups excluding carboxylic acids is 1. The van der Waals surface area contributed by atoms with Crippen LogP contribution in [-0.2, 0) is 10.2 Å². The van der Waals surface area contributed by atoms with Gasteiger partial charge in [0.15, 0.2) is 0 Å². The molecule has 2 aliphatic carbocycles. The van der Waals surface area contributed by atoms with Crippen LogP contribution in [0.3, 0.4) is 0 Å². The van der Waals surface area contributed by atoms with Crippen LogP contribution < -0.4 is 10.6 Å². The molecular formula is C21H29ClN2O2. The third kappa shape index (κ3) is 3.39. The monoisotopic (exact) mass is 376 g/mol. The molecule has 1 heterocycles. The van der Waals surface area contributed by atoms with Crippen LogP contribution in [0.1, 0.15) is 50.5 Å². The van der Waals surface area contributed by atoms with Gasteiger partial charge in [0.05, 0.1) is 11.5 Å². The number of nitrogens with one attached hydrogen (secondary N) is 2. The van der Waals surface area contributed by atoms with Crippen LogP contribution in [0, 0.1) is 11.8 Å². The maximum atomic E-state index is 13.4. The smallest absolute Gasteiger partial charge is 0.230 e. The van der Waals surface area contributed by atoms with E-state index < -0.39 is 5.41 Å². The Balaban J connectivity index is 1.52. The van der Waals surface area contributed by atoms with Crippen molar-refractivity contribution < 1.29 is 9.90 Å². The van der Waals surface area contributed by atoms with Gasteiger partial charge in [-0.1, -0.05) is 30.2 Å². The molecule has 0 radical (unpaired) electrons. The van der Waals surface area contributed by atoms with Gasteiger partial charge in [0.1, 0.15) is 0 Å². The summed E-state index contributed by atoms with van der Waals surface area (Å²) in [7, 11) is 0. The predicted octanol–water partition coefficient (Wildman–Crippen LogP) is 3.02. The number of aliphatic hydroxyl groups is 1. The summed E-state index contributed by atoms with van der Waals surface area (Å²) in [5.41, 5.74) is 0.696. The van der Waals surface area contributed by atoms with Crippen LogP contribution in [-0.4, -0.2) is 36.2 Å². The molecule has 142 valence electrons. The third-order valence-electron chi connectivity index (χ3n) is 6.89. The summed E-state index contributed by atoms with van der Waals surface area (Å²) >= 11 is 6.04. The van der Waals surface area contributed by atoms with E-state index in [4.69, 9.17) is 11.6 Å². The average molecular weight is 377 g/mol. The van der Waals surface area contributed by atoms with E-state index in [0.29, 0.717) is 16.9 Å². The number of amides is 1. The largest absolute Gasteiger partial charge is 0.393 e. The Morgan fingerprint density at radius 3 is 2.35 bits per heavy atom. The molecule has 3 N–H and O–H groups in total. The summed E-state index contributed by atoms with van der Waals surface area (Å²) in [6.45, 7) is 2.04. The predicted molar refractivity (Wildman–Crippen MR) is 103 cm³/mol. The maximum Gasteiger partial charge on any atom is 0.230 e. The zero-order valence-corrected chi connectivity index (χ0v) is 16.0. The summed E-state index contributed by atoms with van der Waals surface area (Å²) in [5.74, 6) is 1.11. The number of carbonyl (C=O) groups is 1. The van der Waals surface area contributed by atoms with Crippen molar-refractivity contribution in [2.24, 2.45) is 11.8 Å². The molecular weight excluding hydrogens is 348 g/mol. The average Bonchev–Trinajstić information content (AvgIpc) is 2.59. The molecule has 26 heavy (non-hydrogen) atoms. The maximum absolute atomic E-state index is 13.4. The van der Waals surface area contributed by atoms with E-state index in [1.54, 1.807) is 0 Å². The van der Waals surface area contributed by atoms with E-state index in [1.165, 1.54) is 0 Å². The van der Waals surface area contributed by atoms with E-state index in [-0.39, 0.29) is 18.1 Å². The Hall–Kier alpha value is -1.10. The van der Waals surface area contributed by atoms with Crippen LogP contribution >= 0.6 is 11.6 Å². The first-order chi connectivity index (χ1) is 12.6. The summed E-state index contributed by atoms with van der Waals surface area (Å²) in [6, 6.07) is 7.98. The number of piperidine rings is 1. The minimum atomic E-state index is -0.391. The van der Waals surface area contributed by atoms with Gasteiger partial charge in [0.2, 0.25) is 5.91 Å². The van der Waals surface area contributed by atoms with Crippen molar-refractivity contribution in [3.05, 3.63) is 34.9 Å². The molecule has 0 bridgehead atoms. The van der Waals surface area contributed by atoms with E-state index in [2.05, 4.69) is 10.6 Å². The Bertz CT molecular complexity index is 632. The number of benzene rings is 1. The molecule has 0 aromatic heterocycles. The Morgan fingerprint density at radius 1 is 1.15 bits per heavy atom. The summed E-state index contributed by atoms with van der Waals surface area (Å²) in [6.07, 6.45) is 6.58. The summed E-state index contributed by atoms with van der Waals surface area (Å²) in [4.78, 5) is 13.4. The van der Waals surface area contributed by atoms with Gasteiger partial charge in [0.25, 0.3) is 0 Å². The molecule has 1 atom stereocenters. The highest BCUT2D eigenvalue weighted by Gasteiger charge is 2.48. The Labute approximate surface area is 160 Å². The minimum absolute atomic E-state index is 0.177. The fraction of sp³-hybridized carbons (Fsp3) is 0.667.